The number of pyridine rings is 1. The first-order valence-electron chi connectivity index (χ1n) is 6.97. The molecule has 0 aliphatic carbocycles. The van der Waals surface area contributed by atoms with Gasteiger partial charge in [-0.05, 0) is 63.1 Å². The van der Waals surface area contributed by atoms with Gasteiger partial charge in [0.15, 0.2) is 0 Å². The summed E-state index contributed by atoms with van der Waals surface area (Å²) in [6.45, 7) is 9.28. The minimum atomic E-state index is 0.0904. The molecule has 2 aromatic rings. The summed E-state index contributed by atoms with van der Waals surface area (Å²) in [5.41, 5.74) is 2.38. The van der Waals surface area contributed by atoms with Crippen molar-refractivity contribution in [3.05, 3.63) is 52.1 Å². The normalized spacial score (nSPS) is 11.5. The van der Waals surface area contributed by atoms with E-state index in [4.69, 9.17) is 4.74 Å². The van der Waals surface area contributed by atoms with Gasteiger partial charge in [-0.3, -0.25) is 0 Å². The number of hydrogen-bond acceptors (Lipinski definition) is 3. The van der Waals surface area contributed by atoms with Crippen LogP contribution >= 0.6 is 15.9 Å². The van der Waals surface area contributed by atoms with Gasteiger partial charge in [0, 0.05) is 28.8 Å². The Balaban J connectivity index is 2.08. The number of halogens is 1. The van der Waals surface area contributed by atoms with Gasteiger partial charge in [-0.15, -0.1) is 0 Å². The first kappa shape index (κ1) is 16.0. The van der Waals surface area contributed by atoms with E-state index >= 15 is 0 Å². The lowest BCUT2D eigenvalue weighted by atomic mass is 10.1. The number of aryl methyl sites for hydroxylation is 1. The van der Waals surface area contributed by atoms with Crippen molar-refractivity contribution < 1.29 is 4.74 Å². The molecule has 0 fully saturated rings. The Kier molecular flexibility index (Phi) is 5.01. The lowest BCUT2D eigenvalue weighted by Gasteiger charge is -2.20. The molecular weight excluding hydrogens is 328 g/mol. The molecule has 4 heteroatoms. The fraction of sp³-hybridized carbons (Fsp3) is 0.353. The van der Waals surface area contributed by atoms with Gasteiger partial charge in [-0.2, -0.15) is 0 Å². The van der Waals surface area contributed by atoms with Gasteiger partial charge >= 0.3 is 0 Å². The standard InChI is InChI=1S/C17H21BrN2O/c1-12-9-14(5-6-15(12)18)21-16-10-13(7-8-19-16)11-20-17(2,3)4/h5-10,20H,11H2,1-4H3. The van der Waals surface area contributed by atoms with E-state index in [0.717, 1.165) is 27.9 Å². The summed E-state index contributed by atoms with van der Waals surface area (Å²) in [6.07, 6.45) is 1.78. The van der Waals surface area contributed by atoms with Crippen LogP contribution in [0, 0.1) is 6.92 Å². The Hall–Kier alpha value is -1.39. The minimum Gasteiger partial charge on any atom is -0.439 e. The van der Waals surface area contributed by atoms with Gasteiger partial charge in [0.1, 0.15) is 5.75 Å². The second-order valence-electron chi connectivity index (χ2n) is 6.12. The van der Waals surface area contributed by atoms with E-state index in [0.29, 0.717) is 5.88 Å². The topological polar surface area (TPSA) is 34.1 Å². The van der Waals surface area contributed by atoms with Crippen molar-refractivity contribution >= 4 is 15.9 Å². The number of nitrogens with one attached hydrogen (secondary N) is 1. The second kappa shape index (κ2) is 6.58. The molecule has 2 rings (SSSR count). The predicted octanol–water partition coefficient (Wildman–Crippen LogP) is 4.83. The van der Waals surface area contributed by atoms with E-state index in [1.54, 1.807) is 6.20 Å². The molecule has 21 heavy (non-hydrogen) atoms. The van der Waals surface area contributed by atoms with E-state index in [1.807, 2.05) is 37.3 Å². The molecule has 0 saturated heterocycles. The van der Waals surface area contributed by atoms with Crippen molar-refractivity contribution in [3.63, 3.8) is 0 Å². The van der Waals surface area contributed by atoms with Crippen molar-refractivity contribution in [2.24, 2.45) is 0 Å². The van der Waals surface area contributed by atoms with E-state index in [-0.39, 0.29) is 5.54 Å². The van der Waals surface area contributed by atoms with Gasteiger partial charge in [0.25, 0.3) is 0 Å². The third-order valence-corrected chi connectivity index (χ3v) is 3.86. The highest BCUT2D eigenvalue weighted by Gasteiger charge is 2.09. The second-order valence-corrected chi connectivity index (χ2v) is 6.97. The first-order chi connectivity index (χ1) is 9.83. The molecule has 3 nitrogen and oxygen atoms in total. The summed E-state index contributed by atoms with van der Waals surface area (Å²) in [4.78, 5) is 4.27. The Labute approximate surface area is 134 Å². The van der Waals surface area contributed by atoms with E-state index < -0.39 is 0 Å². The maximum absolute atomic E-state index is 5.83. The van der Waals surface area contributed by atoms with Crippen molar-refractivity contribution in [1.29, 1.82) is 0 Å². The predicted molar refractivity (Wildman–Crippen MR) is 89.8 cm³/mol. The van der Waals surface area contributed by atoms with Crippen LogP contribution in [0.2, 0.25) is 0 Å². The highest BCUT2D eigenvalue weighted by Crippen LogP contribution is 2.25. The van der Waals surface area contributed by atoms with Crippen LogP contribution < -0.4 is 10.1 Å². The molecule has 0 aliphatic rings. The molecular formula is C17H21BrN2O. The Bertz CT molecular complexity index is 620. The summed E-state index contributed by atoms with van der Waals surface area (Å²) in [5.74, 6) is 1.41. The SMILES string of the molecule is Cc1cc(Oc2cc(CNC(C)(C)C)ccn2)ccc1Br. The molecule has 1 N–H and O–H groups in total. The number of rotatable bonds is 4. The van der Waals surface area contributed by atoms with Crippen molar-refractivity contribution in [1.82, 2.24) is 10.3 Å². The van der Waals surface area contributed by atoms with E-state index in [9.17, 15) is 0 Å². The summed E-state index contributed by atoms with van der Waals surface area (Å²) in [7, 11) is 0. The molecule has 0 spiro atoms. The highest BCUT2D eigenvalue weighted by molar-refractivity contribution is 9.10. The average molecular weight is 349 g/mol. The zero-order valence-corrected chi connectivity index (χ0v) is 14.5. The monoisotopic (exact) mass is 348 g/mol. The molecule has 0 amide bonds. The lowest BCUT2D eigenvalue weighted by Crippen LogP contribution is -2.35. The number of hydrogen-bond donors (Lipinski definition) is 1. The number of ether oxygens (including phenoxy) is 1. The van der Waals surface area contributed by atoms with Gasteiger partial charge in [0.2, 0.25) is 5.88 Å². The highest BCUT2D eigenvalue weighted by atomic mass is 79.9. The minimum absolute atomic E-state index is 0.0904. The van der Waals surface area contributed by atoms with Crippen molar-refractivity contribution in [2.45, 2.75) is 39.8 Å². The molecule has 0 aliphatic heterocycles. The Morgan fingerprint density at radius 3 is 2.62 bits per heavy atom. The Morgan fingerprint density at radius 2 is 1.95 bits per heavy atom. The maximum atomic E-state index is 5.83. The summed E-state index contributed by atoms with van der Waals surface area (Å²) in [6, 6.07) is 9.87. The number of nitrogens with zero attached hydrogens (tertiary/aromatic N) is 1. The van der Waals surface area contributed by atoms with Gasteiger partial charge in [-0.25, -0.2) is 4.98 Å². The maximum Gasteiger partial charge on any atom is 0.219 e. The molecule has 0 radical (unpaired) electrons. The van der Waals surface area contributed by atoms with E-state index in [1.165, 1.54) is 0 Å². The van der Waals surface area contributed by atoms with Crippen molar-refractivity contribution in [3.8, 4) is 11.6 Å². The van der Waals surface area contributed by atoms with Crippen LogP contribution in [-0.4, -0.2) is 10.5 Å². The first-order valence-corrected chi connectivity index (χ1v) is 7.77. The molecule has 1 aromatic heterocycles. The molecule has 0 saturated carbocycles. The summed E-state index contributed by atoms with van der Waals surface area (Å²) >= 11 is 3.49. The fourth-order valence-corrected chi connectivity index (χ4v) is 2.03. The van der Waals surface area contributed by atoms with Crippen LogP contribution in [0.25, 0.3) is 0 Å². The third kappa shape index (κ3) is 5.14. The number of aromatic nitrogens is 1. The van der Waals surface area contributed by atoms with Crippen LogP contribution in [0.15, 0.2) is 41.0 Å². The average Bonchev–Trinajstić information content (AvgIpc) is 2.40. The van der Waals surface area contributed by atoms with Crippen LogP contribution in [0.3, 0.4) is 0 Å². The third-order valence-electron chi connectivity index (χ3n) is 2.97. The largest absolute Gasteiger partial charge is 0.439 e. The molecule has 1 aromatic carbocycles. The smallest absolute Gasteiger partial charge is 0.219 e. The molecule has 0 bridgehead atoms. The van der Waals surface area contributed by atoms with Crippen LogP contribution in [0.1, 0.15) is 31.9 Å². The van der Waals surface area contributed by atoms with E-state index in [2.05, 4.69) is 47.0 Å². The molecule has 112 valence electrons. The zero-order valence-electron chi connectivity index (χ0n) is 12.9. The lowest BCUT2D eigenvalue weighted by molar-refractivity contribution is 0.421. The Morgan fingerprint density at radius 1 is 1.19 bits per heavy atom. The quantitative estimate of drug-likeness (QED) is 0.858. The summed E-state index contributed by atoms with van der Waals surface area (Å²) in [5, 5.41) is 3.46. The van der Waals surface area contributed by atoms with Gasteiger partial charge < -0.3 is 10.1 Å². The zero-order chi connectivity index (χ0) is 15.5. The fourth-order valence-electron chi connectivity index (χ4n) is 1.78. The summed E-state index contributed by atoms with van der Waals surface area (Å²) < 4.78 is 6.90. The van der Waals surface area contributed by atoms with Crippen LogP contribution in [0.5, 0.6) is 11.6 Å². The van der Waals surface area contributed by atoms with Gasteiger partial charge in [-0.1, -0.05) is 15.9 Å². The molecule has 1 heterocycles. The van der Waals surface area contributed by atoms with Crippen LogP contribution in [-0.2, 0) is 6.54 Å². The van der Waals surface area contributed by atoms with Gasteiger partial charge in [0.05, 0.1) is 0 Å². The van der Waals surface area contributed by atoms with Crippen molar-refractivity contribution in [2.75, 3.05) is 0 Å². The molecule has 0 atom stereocenters. The molecule has 0 unspecified atom stereocenters. The number of benzene rings is 1. The van der Waals surface area contributed by atoms with Crippen LogP contribution in [0.4, 0.5) is 0 Å².